The van der Waals surface area contributed by atoms with E-state index < -0.39 is 23.2 Å². The number of fused-ring (bicyclic) bond motifs is 1. The van der Waals surface area contributed by atoms with E-state index in [1.165, 1.54) is 0 Å². The Bertz CT molecular complexity index is 1080. The van der Waals surface area contributed by atoms with Gasteiger partial charge in [0.2, 0.25) is 0 Å². The van der Waals surface area contributed by atoms with E-state index in [9.17, 15) is 17.6 Å². The third kappa shape index (κ3) is 3.32. The van der Waals surface area contributed by atoms with Crippen molar-refractivity contribution < 1.29 is 27.0 Å². The molecule has 2 aromatic rings. The maximum atomic E-state index is 14.6. The fraction of sp³-hybridized carbons (Fsp3) is 0.250. The molecular formula is C20H18F4N4O2. The standard InChI is InChI=1S/C20H18F4N4O2/c1-10-27-17(13-4-2-12(8-14(13)21)20(22,23)24)18(25)19(26,28-10)11-3-5-15-16(9-11)30-7-6-29-15/h2-5,8-9H,6-7,25-26H2,1H3,(H,27,28). The van der Waals surface area contributed by atoms with Gasteiger partial charge in [0.05, 0.1) is 17.0 Å². The van der Waals surface area contributed by atoms with Crippen molar-refractivity contribution in [2.45, 2.75) is 18.8 Å². The van der Waals surface area contributed by atoms with Crippen LogP contribution in [0.25, 0.3) is 5.70 Å². The minimum atomic E-state index is -4.67. The molecule has 5 N–H and O–H groups in total. The molecule has 0 spiro atoms. The van der Waals surface area contributed by atoms with Gasteiger partial charge in [-0.1, -0.05) is 6.07 Å². The maximum absolute atomic E-state index is 14.6. The molecule has 6 nitrogen and oxygen atoms in total. The lowest BCUT2D eigenvalue weighted by molar-refractivity contribution is -0.137. The summed E-state index contributed by atoms with van der Waals surface area (Å²) in [5, 5.41) is 2.82. The van der Waals surface area contributed by atoms with Crippen molar-refractivity contribution in [3.8, 4) is 11.5 Å². The van der Waals surface area contributed by atoms with E-state index in [1.807, 2.05) is 0 Å². The van der Waals surface area contributed by atoms with Crippen molar-refractivity contribution in [3.63, 3.8) is 0 Å². The first kappa shape index (κ1) is 20.0. The number of hydrogen-bond acceptors (Lipinski definition) is 6. The van der Waals surface area contributed by atoms with Crippen LogP contribution in [-0.2, 0) is 11.8 Å². The van der Waals surface area contributed by atoms with E-state index in [-0.39, 0.29) is 17.0 Å². The largest absolute Gasteiger partial charge is 0.486 e. The molecule has 0 bridgehead atoms. The third-order valence-corrected chi connectivity index (χ3v) is 4.88. The van der Waals surface area contributed by atoms with E-state index in [4.69, 9.17) is 20.9 Å². The molecule has 0 aliphatic carbocycles. The number of hydrogen-bond donors (Lipinski definition) is 3. The summed E-state index contributed by atoms with van der Waals surface area (Å²) in [6, 6.07) is 7.16. The summed E-state index contributed by atoms with van der Waals surface area (Å²) in [5.74, 6) is 0.232. The third-order valence-electron chi connectivity index (χ3n) is 4.88. The normalized spacial score (nSPS) is 21.2. The van der Waals surface area contributed by atoms with Crippen molar-refractivity contribution in [1.82, 2.24) is 5.32 Å². The molecule has 0 amide bonds. The lowest BCUT2D eigenvalue weighted by Crippen LogP contribution is -2.47. The summed E-state index contributed by atoms with van der Waals surface area (Å²) < 4.78 is 64.3. The fourth-order valence-corrected chi connectivity index (χ4v) is 3.40. The molecule has 10 heteroatoms. The quantitative estimate of drug-likeness (QED) is 0.647. The highest BCUT2D eigenvalue weighted by atomic mass is 19.4. The molecule has 2 heterocycles. The second kappa shape index (κ2) is 6.91. The fourth-order valence-electron chi connectivity index (χ4n) is 3.40. The van der Waals surface area contributed by atoms with Crippen LogP contribution in [0, 0.1) is 5.82 Å². The van der Waals surface area contributed by atoms with Crippen molar-refractivity contribution in [3.05, 3.63) is 64.6 Å². The van der Waals surface area contributed by atoms with E-state index in [2.05, 4.69) is 10.3 Å². The first-order valence-corrected chi connectivity index (χ1v) is 8.99. The molecule has 1 atom stereocenters. The monoisotopic (exact) mass is 422 g/mol. The molecule has 30 heavy (non-hydrogen) atoms. The van der Waals surface area contributed by atoms with Gasteiger partial charge in [0.25, 0.3) is 0 Å². The Hall–Kier alpha value is -3.27. The SMILES string of the molecule is CC1=NC(N)(c2ccc3c(c2)OCCO3)C(N)=C(c2ccc(C(F)(F)F)cc2F)N1. The lowest BCUT2D eigenvalue weighted by atomic mass is 9.92. The first-order chi connectivity index (χ1) is 14.1. The molecule has 2 aliphatic rings. The Kier molecular flexibility index (Phi) is 4.61. The molecule has 1 unspecified atom stereocenters. The molecular weight excluding hydrogens is 404 g/mol. The van der Waals surface area contributed by atoms with Crippen LogP contribution in [0.1, 0.15) is 23.6 Å². The van der Waals surface area contributed by atoms with Crippen LogP contribution in [0.2, 0.25) is 0 Å². The predicted molar refractivity (Wildman–Crippen MR) is 102 cm³/mol. The van der Waals surface area contributed by atoms with E-state index >= 15 is 0 Å². The van der Waals surface area contributed by atoms with Gasteiger partial charge in [-0.25, -0.2) is 9.38 Å². The van der Waals surface area contributed by atoms with Crippen molar-refractivity contribution in [2.24, 2.45) is 16.5 Å². The second-order valence-corrected chi connectivity index (χ2v) is 6.93. The Morgan fingerprint density at radius 1 is 1.07 bits per heavy atom. The van der Waals surface area contributed by atoms with Crippen molar-refractivity contribution in [1.29, 1.82) is 0 Å². The minimum absolute atomic E-state index is 0.0473. The number of nitrogens with one attached hydrogen (secondary N) is 1. The molecule has 0 fully saturated rings. The number of rotatable bonds is 2. The smallest absolute Gasteiger partial charge is 0.416 e. The summed E-state index contributed by atoms with van der Waals surface area (Å²) in [7, 11) is 0. The number of aliphatic imine (C=N–C) groups is 1. The van der Waals surface area contributed by atoms with Crippen LogP contribution >= 0.6 is 0 Å². The lowest BCUT2D eigenvalue weighted by Gasteiger charge is -2.34. The van der Waals surface area contributed by atoms with Crippen LogP contribution in [0.4, 0.5) is 17.6 Å². The van der Waals surface area contributed by atoms with Gasteiger partial charge in [0.1, 0.15) is 24.9 Å². The summed E-state index contributed by atoms with van der Waals surface area (Å²) in [5.41, 5.74) is 10.4. The van der Waals surface area contributed by atoms with Gasteiger partial charge in [-0.15, -0.1) is 0 Å². The van der Waals surface area contributed by atoms with Gasteiger partial charge in [-0.3, -0.25) is 5.73 Å². The van der Waals surface area contributed by atoms with Crippen molar-refractivity contribution in [2.75, 3.05) is 13.2 Å². The zero-order chi connectivity index (χ0) is 21.7. The molecule has 4 rings (SSSR count). The first-order valence-electron chi connectivity index (χ1n) is 8.99. The number of ether oxygens (including phenoxy) is 2. The number of halogens is 4. The molecule has 0 saturated carbocycles. The highest BCUT2D eigenvalue weighted by Gasteiger charge is 2.38. The second-order valence-electron chi connectivity index (χ2n) is 6.93. The number of nitrogens with two attached hydrogens (primary N) is 2. The van der Waals surface area contributed by atoms with Crippen molar-refractivity contribution >= 4 is 11.5 Å². The Morgan fingerprint density at radius 3 is 2.43 bits per heavy atom. The molecule has 2 aromatic carbocycles. The highest BCUT2D eigenvalue weighted by Crippen LogP contribution is 2.39. The van der Waals surface area contributed by atoms with Gasteiger partial charge in [0, 0.05) is 11.1 Å². The zero-order valence-electron chi connectivity index (χ0n) is 15.8. The summed E-state index contributed by atoms with van der Waals surface area (Å²) in [6.07, 6.45) is -4.67. The topological polar surface area (TPSA) is 94.9 Å². The van der Waals surface area contributed by atoms with Gasteiger partial charge in [0.15, 0.2) is 17.2 Å². The van der Waals surface area contributed by atoms with Crippen LogP contribution in [-0.4, -0.2) is 19.0 Å². The van der Waals surface area contributed by atoms with E-state index in [0.29, 0.717) is 42.2 Å². The average Bonchev–Trinajstić information content (AvgIpc) is 2.69. The maximum Gasteiger partial charge on any atom is 0.416 e. The minimum Gasteiger partial charge on any atom is -0.486 e. The number of amidine groups is 1. The Labute approximate surface area is 169 Å². The van der Waals surface area contributed by atoms with Crippen LogP contribution < -0.4 is 26.3 Å². The van der Waals surface area contributed by atoms with Gasteiger partial charge >= 0.3 is 6.18 Å². The number of alkyl halides is 3. The molecule has 0 aromatic heterocycles. The van der Waals surface area contributed by atoms with Gasteiger partial charge in [-0.05, 0) is 37.3 Å². The Balaban J connectivity index is 1.81. The number of benzene rings is 2. The van der Waals surface area contributed by atoms with E-state index in [0.717, 1.165) is 12.1 Å². The number of nitrogens with zero attached hydrogens (tertiary/aromatic N) is 1. The van der Waals surface area contributed by atoms with Gasteiger partial charge < -0.3 is 20.5 Å². The summed E-state index contributed by atoms with van der Waals surface area (Å²) >= 11 is 0. The highest BCUT2D eigenvalue weighted by molar-refractivity contribution is 5.93. The van der Waals surface area contributed by atoms with Crippen LogP contribution in [0.15, 0.2) is 47.1 Å². The molecule has 2 aliphatic heterocycles. The summed E-state index contributed by atoms with van der Waals surface area (Å²) in [4.78, 5) is 4.38. The van der Waals surface area contributed by atoms with Crippen LogP contribution in [0.5, 0.6) is 11.5 Å². The zero-order valence-corrected chi connectivity index (χ0v) is 15.8. The molecule has 158 valence electrons. The van der Waals surface area contributed by atoms with Gasteiger partial charge in [-0.2, -0.15) is 13.2 Å². The average molecular weight is 422 g/mol. The van der Waals surface area contributed by atoms with Crippen LogP contribution in [0.3, 0.4) is 0 Å². The predicted octanol–water partition coefficient (Wildman–Crippen LogP) is 3.08. The van der Waals surface area contributed by atoms with E-state index in [1.54, 1.807) is 25.1 Å². The molecule has 0 radical (unpaired) electrons. The summed E-state index contributed by atoms with van der Waals surface area (Å²) in [6.45, 7) is 2.37. The molecule has 0 saturated heterocycles. The Morgan fingerprint density at radius 2 is 1.77 bits per heavy atom.